The third kappa shape index (κ3) is 33.6. The predicted molar refractivity (Wildman–Crippen MR) is 342 cm³/mol. The summed E-state index contributed by atoms with van der Waals surface area (Å²) in [5.41, 5.74) is 0. The largest absolute Gasteiger partial charge is 0.394 e. The number of carbonyl (C=O) groups excluding carboxylic acids is 1. The number of amides is 1. The molecule has 0 bridgehead atoms. The highest BCUT2D eigenvalue weighted by Gasteiger charge is 2.53. The minimum atomic E-state index is -1.97. The highest BCUT2D eigenvalue weighted by Crippen LogP contribution is 2.33. The molecule has 88 heavy (non-hydrogen) atoms. The Morgan fingerprint density at radius 3 is 1.10 bits per heavy atom. The molecule has 3 aliphatic heterocycles. The monoisotopic (exact) mass is 1260 g/mol. The van der Waals surface area contributed by atoms with E-state index in [0.29, 0.717) is 12.8 Å². The number of aliphatic hydroxyl groups excluding tert-OH is 11. The number of hydrogen-bond acceptors (Lipinski definition) is 18. The van der Waals surface area contributed by atoms with E-state index in [1.165, 1.54) is 212 Å². The fraction of sp³-hybridized carbons (Fsp3) is 0.957. The Balaban J connectivity index is 1.39. The zero-order chi connectivity index (χ0) is 64.0. The molecule has 17 atom stereocenters. The summed E-state index contributed by atoms with van der Waals surface area (Å²) < 4.78 is 34.4. The summed E-state index contributed by atoms with van der Waals surface area (Å²) in [4.78, 5) is 13.4. The summed E-state index contributed by atoms with van der Waals surface area (Å²) >= 11 is 0. The molecule has 520 valence electrons. The molecule has 3 saturated heterocycles. The maximum atomic E-state index is 13.4. The van der Waals surface area contributed by atoms with Gasteiger partial charge < -0.3 is 89.9 Å². The van der Waals surface area contributed by atoms with E-state index in [-0.39, 0.29) is 18.9 Å². The number of allylic oxidation sites excluding steroid dienone is 2. The molecule has 0 aliphatic carbocycles. The van der Waals surface area contributed by atoms with E-state index in [4.69, 9.17) is 28.4 Å². The second-order valence-corrected chi connectivity index (χ2v) is 26.1. The van der Waals surface area contributed by atoms with E-state index in [2.05, 4.69) is 31.3 Å². The van der Waals surface area contributed by atoms with Crippen LogP contribution in [0.2, 0.25) is 0 Å². The molecular weight excluding hydrogens is 1130 g/mol. The molecule has 12 N–H and O–H groups in total. The van der Waals surface area contributed by atoms with Gasteiger partial charge in [-0.3, -0.25) is 4.79 Å². The number of nitrogens with one attached hydrogen (secondary N) is 1. The first-order chi connectivity index (χ1) is 42.8. The lowest BCUT2D eigenvalue weighted by Gasteiger charge is -2.48. The molecule has 3 heterocycles. The summed E-state index contributed by atoms with van der Waals surface area (Å²) in [6, 6.07) is -0.884. The molecule has 19 nitrogen and oxygen atoms in total. The van der Waals surface area contributed by atoms with Gasteiger partial charge in [-0.25, -0.2) is 0 Å². The van der Waals surface area contributed by atoms with E-state index in [1.807, 2.05) is 0 Å². The minimum Gasteiger partial charge on any atom is -0.394 e. The maximum absolute atomic E-state index is 13.4. The smallest absolute Gasteiger partial charge is 0.220 e. The molecule has 0 aromatic heterocycles. The van der Waals surface area contributed by atoms with Crippen molar-refractivity contribution in [1.82, 2.24) is 5.32 Å². The molecule has 1 amide bonds. The highest BCUT2D eigenvalue weighted by molar-refractivity contribution is 5.76. The van der Waals surface area contributed by atoms with Crippen molar-refractivity contribution >= 4 is 5.91 Å². The van der Waals surface area contributed by atoms with Crippen molar-refractivity contribution in [2.75, 3.05) is 26.4 Å². The quantitative estimate of drug-likeness (QED) is 0.0199. The van der Waals surface area contributed by atoms with Gasteiger partial charge in [0.25, 0.3) is 0 Å². The Bertz CT molecular complexity index is 1650. The summed E-state index contributed by atoms with van der Waals surface area (Å²) in [7, 11) is 0. The van der Waals surface area contributed by atoms with Gasteiger partial charge in [0, 0.05) is 6.42 Å². The fourth-order valence-corrected chi connectivity index (χ4v) is 12.5. The van der Waals surface area contributed by atoms with Crippen LogP contribution in [0.4, 0.5) is 0 Å². The third-order valence-corrected chi connectivity index (χ3v) is 18.3. The van der Waals surface area contributed by atoms with E-state index < -0.39 is 124 Å². The zero-order valence-corrected chi connectivity index (χ0v) is 55.0. The number of aliphatic hydroxyl groups is 11. The summed E-state index contributed by atoms with van der Waals surface area (Å²) in [5, 5.41) is 121. The molecule has 0 aromatic rings. The van der Waals surface area contributed by atoms with Gasteiger partial charge in [0.15, 0.2) is 18.9 Å². The Hall–Kier alpha value is -1.47. The van der Waals surface area contributed by atoms with Crippen molar-refractivity contribution < 1.29 is 89.4 Å². The molecule has 0 radical (unpaired) electrons. The van der Waals surface area contributed by atoms with Crippen LogP contribution >= 0.6 is 0 Å². The number of ether oxygens (including phenoxy) is 6. The molecular formula is C69H131NO18. The van der Waals surface area contributed by atoms with Crippen LogP contribution in [0.25, 0.3) is 0 Å². The van der Waals surface area contributed by atoms with E-state index in [9.17, 15) is 61.0 Å². The van der Waals surface area contributed by atoms with Gasteiger partial charge in [-0.05, 0) is 38.5 Å². The van der Waals surface area contributed by atoms with Crippen LogP contribution < -0.4 is 5.32 Å². The maximum Gasteiger partial charge on any atom is 0.220 e. The van der Waals surface area contributed by atoms with Gasteiger partial charge in [-0.1, -0.05) is 257 Å². The Morgan fingerprint density at radius 1 is 0.398 bits per heavy atom. The first-order valence-corrected chi connectivity index (χ1v) is 35.9. The normalized spacial score (nSPS) is 28.4. The second-order valence-electron chi connectivity index (χ2n) is 26.1. The first kappa shape index (κ1) is 80.8. The summed E-state index contributed by atoms with van der Waals surface area (Å²) in [6.07, 6.45) is 30.1. The standard InChI is InChI=1S/C69H131NO18/c1-3-5-7-9-11-13-15-17-19-21-22-23-24-25-26-27-28-29-30-31-33-35-37-39-41-43-45-47-57(75)70-52(53(74)46-44-42-40-38-36-34-32-20-18-16-14-12-10-8-6-4-2)51-83-67-63(81)60(78)65(55(49-72)85-67)88-69-64(82)61(79)66(56(50-73)86-69)87-68-62(80)59(77)58(76)54(48-71)84-68/h21-22,52-56,58-69,71-74,76-82H,3-20,23-51H2,1-2H3,(H,70,75)/b22-21-. The van der Waals surface area contributed by atoms with Crippen LogP contribution in [-0.4, -0.2) is 193 Å². The molecule has 17 unspecified atom stereocenters. The van der Waals surface area contributed by atoms with Gasteiger partial charge in [-0.15, -0.1) is 0 Å². The highest BCUT2D eigenvalue weighted by atomic mass is 16.8. The molecule has 3 fully saturated rings. The topological polar surface area (TPSA) is 307 Å². The van der Waals surface area contributed by atoms with Crippen molar-refractivity contribution in [2.45, 2.75) is 394 Å². The van der Waals surface area contributed by atoms with Crippen LogP contribution in [0.3, 0.4) is 0 Å². The van der Waals surface area contributed by atoms with Crippen LogP contribution in [0.15, 0.2) is 12.2 Å². The van der Waals surface area contributed by atoms with Crippen molar-refractivity contribution in [3.05, 3.63) is 12.2 Å². The van der Waals surface area contributed by atoms with Crippen LogP contribution in [0.1, 0.15) is 290 Å². The van der Waals surface area contributed by atoms with Crippen molar-refractivity contribution in [3.63, 3.8) is 0 Å². The van der Waals surface area contributed by atoms with Crippen LogP contribution in [0, 0.1) is 0 Å². The van der Waals surface area contributed by atoms with Crippen LogP contribution in [0.5, 0.6) is 0 Å². The van der Waals surface area contributed by atoms with E-state index in [1.54, 1.807) is 0 Å². The molecule has 3 rings (SSSR count). The average molecular weight is 1260 g/mol. The lowest BCUT2D eigenvalue weighted by Crippen LogP contribution is -2.66. The minimum absolute atomic E-state index is 0.238. The fourth-order valence-electron chi connectivity index (χ4n) is 12.5. The average Bonchev–Trinajstić information content (AvgIpc) is 3.39. The first-order valence-electron chi connectivity index (χ1n) is 35.9. The lowest BCUT2D eigenvalue weighted by molar-refractivity contribution is -0.379. The Kier molecular flexibility index (Phi) is 47.6. The molecule has 3 aliphatic rings. The van der Waals surface area contributed by atoms with Crippen molar-refractivity contribution in [3.8, 4) is 0 Å². The van der Waals surface area contributed by atoms with Gasteiger partial charge in [0.2, 0.25) is 5.91 Å². The van der Waals surface area contributed by atoms with Gasteiger partial charge in [-0.2, -0.15) is 0 Å². The third-order valence-electron chi connectivity index (χ3n) is 18.3. The summed E-state index contributed by atoms with van der Waals surface area (Å²) in [5.74, 6) is -0.238. The number of carbonyl (C=O) groups is 1. The lowest BCUT2D eigenvalue weighted by atomic mass is 9.96. The number of rotatable bonds is 56. The van der Waals surface area contributed by atoms with Gasteiger partial charge in [0.1, 0.15) is 73.2 Å². The van der Waals surface area contributed by atoms with Crippen molar-refractivity contribution in [1.29, 1.82) is 0 Å². The second kappa shape index (κ2) is 51.9. The summed E-state index contributed by atoms with van der Waals surface area (Å²) in [6.45, 7) is 1.83. The Morgan fingerprint density at radius 2 is 0.716 bits per heavy atom. The van der Waals surface area contributed by atoms with E-state index in [0.717, 1.165) is 44.9 Å². The number of hydrogen-bond donors (Lipinski definition) is 12. The predicted octanol–water partition coefficient (Wildman–Crippen LogP) is 9.67. The molecule has 19 heteroatoms. The van der Waals surface area contributed by atoms with Gasteiger partial charge >= 0.3 is 0 Å². The van der Waals surface area contributed by atoms with Crippen LogP contribution in [-0.2, 0) is 33.2 Å². The Labute approximate surface area is 531 Å². The van der Waals surface area contributed by atoms with Gasteiger partial charge in [0.05, 0.1) is 38.6 Å². The SMILES string of the molecule is CCCCCCCCCC/C=C\CCCCCCCCCCCCCCCCCC(=O)NC(COC1OC(CO)C(OC2OC(CO)C(OC3OC(CO)C(O)C(O)C3O)C(O)C2O)C(O)C1O)C(O)CCCCCCCCCCCCCCCCCC. The molecule has 0 aromatic carbocycles. The zero-order valence-electron chi connectivity index (χ0n) is 55.0. The molecule has 0 saturated carbocycles. The molecule has 0 spiro atoms. The number of unbranched alkanes of at least 4 members (excludes halogenated alkanes) is 38. The van der Waals surface area contributed by atoms with Crippen molar-refractivity contribution in [2.24, 2.45) is 0 Å². The van der Waals surface area contributed by atoms with E-state index >= 15 is 0 Å².